The number of hydrogen-bond donors (Lipinski definition) is 0. The van der Waals surface area contributed by atoms with Crippen molar-refractivity contribution >= 4 is 15.9 Å². The van der Waals surface area contributed by atoms with Gasteiger partial charge in [-0.3, -0.25) is 0 Å². The van der Waals surface area contributed by atoms with Crippen LogP contribution in [0.5, 0.6) is 5.75 Å². The Hall–Kier alpha value is -0.610. The summed E-state index contributed by atoms with van der Waals surface area (Å²) < 4.78 is 22.8. The topological polar surface area (TPSA) is 18.5 Å². The predicted octanol–water partition coefficient (Wildman–Crippen LogP) is 2.57. The van der Waals surface area contributed by atoms with Gasteiger partial charge in [0.2, 0.25) is 0 Å². The molecule has 1 aromatic rings. The molecule has 0 fully saturated rings. The van der Waals surface area contributed by atoms with Gasteiger partial charge in [-0.25, -0.2) is 4.39 Å². The van der Waals surface area contributed by atoms with Crippen LogP contribution in [0.3, 0.4) is 0 Å². The molecule has 0 N–H and O–H groups in total. The Bertz CT molecular complexity index is 265. The number of ether oxygens (including phenoxy) is 2. The van der Waals surface area contributed by atoms with Crippen LogP contribution in [-0.2, 0) is 4.74 Å². The molecule has 0 aliphatic heterocycles. The maximum Gasteiger partial charge on any atom is 0.188 e. The Balaban J connectivity index is 2.69. The SMILES string of the molecule is COCOc1ccc(F)c(Br)c1. The van der Waals surface area contributed by atoms with E-state index < -0.39 is 0 Å². The van der Waals surface area contributed by atoms with Gasteiger partial charge >= 0.3 is 0 Å². The largest absolute Gasteiger partial charge is 0.468 e. The van der Waals surface area contributed by atoms with Crippen LogP contribution in [0.4, 0.5) is 4.39 Å². The molecule has 0 atom stereocenters. The lowest BCUT2D eigenvalue weighted by atomic mass is 10.3. The molecule has 0 heterocycles. The van der Waals surface area contributed by atoms with Crippen LogP contribution in [0.15, 0.2) is 22.7 Å². The lowest BCUT2D eigenvalue weighted by molar-refractivity contribution is 0.0510. The Labute approximate surface area is 78.4 Å². The first-order valence-electron chi connectivity index (χ1n) is 3.31. The van der Waals surface area contributed by atoms with Crippen molar-refractivity contribution in [3.8, 4) is 5.75 Å². The summed E-state index contributed by atoms with van der Waals surface area (Å²) in [5.41, 5.74) is 0. The molecule has 0 unspecified atom stereocenters. The first-order chi connectivity index (χ1) is 5.74. The van der Waals surface area contributed by atoms with Crippen molar-refractivity contribution in [1.82, 2.24) is 0 Å². The molecule has 0 aliphatic carbocycles. The summed E-state index contributed by atoms with van der Waals surface area (Å²) >= 11 is 3.04. The van der Waals surface area contributed by atoms with E-state index in [2.05, 4.69) is 20.7 Å². The maximum atomic E-state index is 12.7. The third-order valence-electron chi connectivity index (χ3n) is 1.23. The van der Waals surface area contributed by atoms with Gasteiger partial charge in [0.05, 0.1) is 4.47 Å². The summed E-state index contributed by atoms with van der Waals surface area (Å²) in [5, 5.41) is 0. The van der Waals surface area contributed by atoms with Gasteiger partial charge < -0.3 is 9.47 Å². The molecular weight excluding hydrogens is 227 g/mol. The first kappa shape index (κ1) is 9.48. The van der Waals surface area contributed by atoms with Crippen LogP contribution in [0, 0.1) is 5.82 Å². The van der Waals surface area contributed by atoms with Gasteiger partial charge in [0, 0.05) is 7.11 Å². The number of halogens is 2. The van der Waals surface area contributed by atoms with Crippen LogP contribution in [-0.4, -0.2) is 13.9 Å². The van der Waals surface area contributed by atoms with Crippen molar-refractivity contribution in [2.24, 2.45) is 0 Å². The van der Waals surface area contributed by atoms with E-state index in [1.807, 2.05) is 0 Å². The average Bonchev–Trinajstić information content (AvgIpc) is 2.07. The molecule has 0 saturated carbocycles. The highest BCUT2D eigenvalue weighted by Gasteiger charge is 1.99. The minimum atomic E-state index is -0.306. The minimum Gasteiger partial charge on any atom is -0.468 e. The Morgan fingerprint density at radius 3 is 2.83 bits per heavy atom. The molecule has 0 amide bonds. The van der Waals surface area contributed by atoms with Crippen LogP contribution in [0.2, 0.25) is 0 Å². The van der Waals surface area contributed by atoms with Crippen LogP contribution < -0.4 is 4.74 Å². The minimum absolute atomic E-state index is 0.165. The van der Waals surface area contributed by atoms with Crippen molar-refractivity contribution in [3.63, 3.8) is 0 Å². The van der Waals surface area contributed by atoms with Gasteiger partial charge in [0.1, 0.15) is 11.6 Å². The molecule has 0 saturated heterocycles. The second-order valence-electron chi connectivity index (χ2n) is 2.13. The van der Waals surface area contributed by atoms with E-state index in [0.29, 0.717) is 10.2 Å². The highest BCUT2D eigenvalue weighted by atomic mass is 79.9. The van der Waals surface area contributed by atoms with Crippen LogP contribution in [0.25, 0.3) is 0 Å². The Kier molecular flexibility index (Phi) is 3.49. The summed E-state index contributed by atoms with van der Waals surface area (Å²) in [5.74, 6) is 0.268. The summed E-state index contributed by atoms with van der Waals surface area (Å²) in [7, 11) is 1.53. The van der Waals surface area contributed by atoms with E-state index in [9.17, 15) is 4.39 Å². The molecule has 1 aromatic carbocycles. The van der Waals surface area contributed by atoms with Crippen molar-refractivity contribution in [1.29, 1.82) is 0 Å². The van der Waals surface area contributed by atoms with Gasteiger partial charge in [-0.1, -0.05) is 0 Å². The first-order valence-corrected chi connectivity index (χ1v) is 4.10. The third kappa shape index (κ3) is 2.46. The zero-order valence-corrected chi connectivity index (χ0v) is 8.10. The molecule has 2 nitrogen and oxygen atoms in total. The van der Waals surface area contributed by atoms with Crippen molar-refractivity contribution < 1.29 is 13.9 Å². The van der Waals surface area contributed by atoms with Gasteiger partial charge in [0.25, 0.3) is 0 Å². The fourth-order valence-corrected chi connectivity index (χ4v) is 1.05. The summed E-state index contributed by atoms with van der Waals surface area (Å²) in [4.78, 5) is 0. The van der Waals surface area contributed by atoms with E-state index >= 15 is 0 Å². The van der Waals surface area contributed by atoms with Crippen molar-refractivity contribution in [2.75, 3.05) is 13.9 Å². The molecule has 0 radical (unpaired) electrons. The highest BCUT2D eigenvalue weighted by Crippen LogP contribution is 2.21. The van der Waals surface area contributed by atoms with Crippen molar-refractivity contribution in [3.05, 3.63) is 28.5 Å². The quantitative estimate of drug-likeness (QED) is 0.749. The smallest absolute Gasteiger partial charge is 0.188 e. The summed E-state index contributed by atoms with van der Waals surface area (Å²) in [6.45, 7) is 0.165. The molecule has 0 aromatic heterocycles. The molecule has 66 valence electrons. The van der Waals surface area contributed by atoms with E-state index in [1.165, 1.54) is 13.2 Å². The Morgan fingerprint density at radius 2 is 2.25 bits per heavy atom. The number of rotatable bonds is 3. The highest BCUT2D eigenvalue weighted by molar-refractivity contribution is 9.10. The average molecular weight is 235 g/mol. The molecule has 0 bridgehead atoms. The van der Waals surface area contributed by atoms with Gasteiger partial charge in [0.15, 0.2) is 6.79 Å². The second-order valence-corrected chi connectivity index (χ2v) is 2.98. The van der Waals surface area contributed by atoms with E-state index in [4.69, 9.17) is 4.74 Å². The number of methoxy groups -OCH3 is 1. The van der Waals surface area contributed by atoms with Gasteiger partial charge in [-0.2, -0.15) is 0 Å². The lowest BCUT2D eigenvalue weighted by Crippen LogP contribution is -1.98. The fourth-order valence-electron chi connectivity index (χ4n) is 0.694. The third-order valence-corrected chi connectivity index (χ3v) is 1.84. The van der Waals surface area contributed by atoms with Crippen LogP contribution in [0.1, 0.15) is 0 Å². The Morgan fingerprint density at radius 1 is 1.50 bits per heavy atom. The normalized spacial score (nSPS) is 9.92. The number of benzene rings is 1. The van der Waals surface area contributed by atoms with E-state index in [0.717, 1.165) is 0 Å². The molecule has 12 heavy (non-hydrogen) atoms. The van der Waals surface area contributed by atoms with E-state index in [-0.39, 0.29) is 12.6 Å². The summed E-state index contributed by atoms with van der Waals surface area (Å²) in [6.07, 6.45) is 0. The molecule has 1 rings (SSSR count). The molecular formula is C8H8BrFO2. The molecule has 4 heteroatoms. The predicted molar refractivity (Wildman–Crippen MR) is 46.6 cm³/mol. The molecule has 0 aliphatic rings. The monoisotopic (exact) mass is 234 g/mol. The zero-order valence-electron chi connectivity index (χ0n) is 6.51. The molecule has 0 spiro atoms. The fraction of sp³-hybridized carbons (Fsp3) is 0.250. The van der Waals surface area contributed by atoms with E-state index in [1.54, 1.807) is 12.1 Å². The maximum absolute atomic E-state index is 12.7. The number of hydrogen-bond acceptors (Lipinski definition) is 2. The zero-order chi connectivity index (χ0) is 8.97. The van der Waals surface area contributed by atoms with Crippen molar-refractivity contribution in [2.45, 2.75) is 0 Å². The van der Waals surface area contributed by atoms with Gasteiger partial charge in [-0.05, 0) is 34.1 Å². The second kappa shape index (κ2) is 4.42. The summed E-state index contributed by atoms with van der Waals surface area (Å²) in [6, 6.07) is 4.42. The van der Waals surface area contributed by atoms with Gasteiger partial charge in [-0.15, -0.1) is 0 Å². The standard InChI is InChI=1S/C8H8BrFO2/c1-11-5-12-6-2-3-8(10)7(9)4-6/h2-4H,5H2,1H3. The lowest BCUT2D eigenvalue weighted by Gasteiger charge is -2.04. The van der Waals surface area contributed by atoms with Crippen LogP contribution >= 0.6 is 15.9 Å².